The number of carbonyl (C=O) groups excluding carboxylic acids is 1. The molecule has 20 heavy (non-hydrogen) atoms. The third-order valence-electron chi connectivity index (χ3n) is 2.75. The van der Waals surface area contributed by atoms with E-state index in [-0.39, 0.29) is 11.7 Å². The fourth-order valence-electron chi connectivity index (χ4n) is 1.48. The van der Waals surface area contributed by atoms with Gasteiger partial charge in [-0.1, -0.05) is 0 Å². The normalized spacial score (nSPS) is 10.8. The van der Waals surface area contributed by atoms with Crippen LogP contribution in [0.3, 0.4) is 0 Å². The molecule has 0 bridgehead atoms. The van der Waals surface area contributed by atoms with Gasteiger partial charge in [-0.05, 0) is 32.0 Å². The van der Waals surface area contributed by atoms with Crippen molar-refractivity contribution in [2.45, 2.75) is 19.9 Å². The maximum absolute atomic E-state index is 13.9. The number of nitrogens with one attached hydrogen (secondary N) is 1. The highest BCUT2D eigenvalue weighted by atomic mass is 19.1. The van der Waals surface area contributed by atoms with E-state index in [2.05, 4.69) is 5.32 Å². The molecule has 5 nitrogen and oxygen atoms in total. The second-order valence-corrected chi connectivity index (χ2v) is 4.53. The maximum atomic E-state index is 13.9. The van der Waals surface area contributed by atoms with Gasteiger partial charge in [0.1, 0.15) is 5.82 Å². The molecule has 0 radical (unpaired) electrons. The quantitative estimate of drug-likeness (QED) is 0.812. The smallest absolute Gasteiger partial charge is 0.328 e. The Labute approximate surface area is 116 Å². The molecule has 0 saturated heterocycles. The molecule has 0 atom stereocenters. The van der Waals surface area contributed by atoms with Gasteiger partial charge in [0.2, 0.25) is 5.91 Å². The highest BCUT2D eigenvalue weighted by Gasteiger charge is 2.11. The first-order valence-corrected chi connectivity index (χ1v) is 6.05. The Morgan fingerprint density at radius 3 is 2.50 bits per heavy atom. The van der Waals surface area contributed by atoms with Crippen molar-refractivity contribution < 1.29 is 19.1 Å². The van der Waals surface area contributed by atoms with E-state index in [1.807, 2.05) is 13.8 Å². The molecule has 0 saturated carbocycles. The molecule has 1 aromatic rings. The number of amides is 1. The van der Waals surface area contributed by atoms with E-state index in [0.717, 1.165) is 6.08 Å². The first kappa shape index (κ1) is 15.7. The Kier molecular flexibility index (Phi) is 5.25. The van der Waals surface area contributed by atoms with Crippen molar-refractivity contribution in [3.8, 4) is 0 Å². The summed E-state index contributed by atoms with van der Waals surface area (Å²) in [4.78, 5) is 23.4. The van der Waals surface area contributed by atoms with E-state index in [1.54, 1.807) is 24.1 Å². The number of anilines is 2. The minimum atomic E-state index is -1.22. The first-order valence-electron chi connectivity index (χ1n) is 6.05. The van der Waals surface area contributed by atoms with Gasteiger partial charge < -0.3 is 15.3 Å². The SMILES string of the molecule is CC(C)N(C)c1ccc(NC(=O)/C=C/C(=O)O)cc1F. The van der Waals surface area contributed by atoms with Crippen molar-refractivity contribution in [2.75, 3.05) is 17.3 Å². The van der Waals surface area contributed by atoms with E-state index in [1.165, 1.54) is 6.07 Å². The summed E-state index contributed by atoms with van der Waals surface area (Å²) in [6.07, 6.45) is 1.58. The Balaban J connectivity index is 2.83. The second kappa shape index (κ2) is 6.70. The lowest BCUT2D eigenvalue weighted by Gasteiger charge is -2.24. The van der Waals surface area contributed by atoms with Crippen molar-refractivity contribution >= 4 is 23.3 Å². The monoisotopic (exact) mass is 280 g/mol. The summed E-state index contributed by atoms with van der Waals surface area (Å²) in [5, 5.41) is 10.8. The molecule has 1 aromatic carbocycles. The van der Waals surface area contributed by atoms with Crippen molar-refractivity contribution in [3.05, 3.63) is 36.2 Å². The van der Waals surface area contributed by atoms with E-state index >= 15 is 0 Å². The van der Waals surface area contributed by atoms with Crippen LogP contribution in [0.25, 0.3) is 0 Å². The van der Waals surface area contributed by atoms with Crippen LogP contribution >= 0.6 is 0 Å². The molecule has 0 aliphatic carbocycles. The van der Waals surface area contributed by atoms with Crippen LogP contribution < -0.4 is 10.2 Å². The molecular formula is C14H17FN2O3. The summed E-state index contributed by atoms with van der Waals surface area (Å²) < 4.78 is 13.9. The lowest BCUT2D eigenvalue weighted by Crippen LogP contribution is -2.26. The Morgan fingerprint density at radius 1 is 1.35 bits per heavy atom. The maximum Gasteiger partial charge on any atom is 0.328 e. The summed E-state index contributed by atoms with van der Waals surface area (Å²) in [7, 11) is 1.77. The lowest BCUT2D eigenvalue weighted by atomic mass is 10.2. The van der Waals surface area contributed by atoms with Crippen LogP contribution in [0, 0.1) is 5.82 Å². The molecular weight excluding hydrogens is 263 g/mol. The van der Waals surface area contributed by atoms with Gasteiger partial charge in [-0.15, -0.1) is 0 Å². The number of halogens is 1. The zero-order valence-corrected chi connectivity index (χ0v) is 11.6. The average Bonchev–Trinajstić information content (AvgIpc) is 2.35. The predicted octanol–water partition coefficient (Wildman–Crippen LogP) is 2.25. The summed E-state index contributed by atoms with van der Waals surface area (Å²) in [6, 6.07) is 4.46. The summed E-state index contributed by atoms with van der Waals surface area (Å²) in [5.41, 5.74) is 0.697. The zero-order valence-electron chi connectivity index (χ0n) is 11.6. The molecule has 108 valence electrons. The van der Waals surface area contributed by atoms with Crippen LogP contribution in [0.2, 0.25) is 0 Å². The molecule has 0 heterocycles. The second-order valence-electron chi connectivity index (χ2n) is 4.53. The molecule has 0 aromatic heterocycles. The van der Waals surface area contributed by atoms with Crippen LogP contribution in [0.5, 0.6) is 0 Å². The van der Waals surface area contributed by atoms with Gasteiger partial charge in [-0.2, -0.15) is 0 Å². The summed E-state index contributed by atoms with van der Waals surface area (Å²) in [6.45, 7) is 3.87. The summed E-state index contributed by atoms with van der Waals surface area (Å²) in [5.74, 6) is -2.31. The molecule has 1 rings (SSSR count). The molecule has 0 unspecified atom stereocenters. The molecule has 0 aliphatic rings. The fourth-order valence-corrected chi connectivity index (χ4v) is 1.48. The number of carboxylic acids is 1. The van der Waals surface area contributed by atoms with Gasteiger partial charge in [0, 0.05) is 30.9 Å². The van der Waals surface area contributed by atoms with Gasteiger partial charge in [-0.25, -0.2) is 9.18 Å². The summed E-state index contributed by atoms with van der Waals surface area (Å²) >= 11 is 0. The van der Waals surface area contributed by atoms with E-state index in [0.29, 0.717) is 11.8 Å². The molecule has 6 heteroatoms. The van der Waals surface area contributed by atoms with Gasteiger partial charge in [0.15, 0.2) is 0 Å². The van der Waals surface area contributed by atoms with Crippen LogP contribution in [-0.2, 0) is 9.59 Å². The number of rotatable bonds is 5. The van der Waals surface area contributed by atoms with Crippen molar-refractivity contribution in [3.63, 3.8) is 0 Å². The van der Waals surface area contributed by atoms with Crippen molar-refractivity contribution in [1.29, 1.82) is 0 Å². The largest absolute Gasteiger partial charge is 0.478 e. The highest BCUT2D eigenvalue weighted by Crippen LogP contribution is 2.23. The predicted molar refractivity (Wildman–Crippen MR) is 75.3 cm³/mol. The van der Waals surface area contributed by atoms with Gasteiger partial charge in [-0.3, -0.25) is 4.79 Å². The van der Waals surface area contributed by atoms with E-state index in [4.69, 9.17) is 5.11 Å². The van der Waals surface area contributed by atoms with Crippen LogP contribution in [-0.4, -0.2) is 30.1 Å². The molecule has 1 amide bonds. The average molecular weight is 280 g/mol. The van der Waals surface area contributed by atoms with Gasteiger partial charge in [0.05, 0.1) is 5.69 Å². The third-order valence-corrected chi connectivity index (χ3v) is 2.75. The van der Waals surface area contributed by atoms with E-state index in [9.17, 15) is 14.0 Å². The Hall–Kier alpha value is -2.37. The molecule has 0 aliphatic heterocycles. The van der Waals surface area contributed by atoms with Crippen LogP contribution in [0.15, 0.2) is 30.4 Å². The molecule has 0 spiro atoms. The minimum Gasteiger partial charge on any atom is -0.478 e. The number of hydrogen-bond donors (Lipinski definition) is 2. The standard InChI is InChI=1S/C14H17FN2O3/c1-9(2)17(3)12-5-4-10(8-11(12)15)16-13(18)6-7-14(19)20/h4-9H,1-3H3,(H,16,18)(H,19,20)/b7-6+. The minimum absolute atomic E-state index is 0.142. The van der Waals surface area contributed by atoms with Crippen molar-refractivity contribution in [2.24, 2.45) is 0 Å². The number of nitrogens with zero attached hydrogens (tertiary/aromatic N) is 1. The third kappa shape index (κ3) is 4.38. The fraction of sp³-hybridized carbons (Fsp3) is 0.286. The number of benzene rings is 1. The molecule has 2 N–H and O–H groups in total. The lowest BCUT2D eigenvalue weighted by molar-refractivity contribution is -0.131. The van der Waals surface area contributed by atoms with Crippen LogP contribution in [0.1, 0.15) is 13.8 Å². The van der Waals surface area contributed by atoms with Gasteiger partial charge in [0.25, 0.3) is 0 Å². The number of carbonyl (C=O) groups is 2. The highest BCUT2D eigenvalue weighted by molar-refractivity contribution is 6.02. The number of hydrogen-bond acceptors (Lipinski definition) is 3. The Morgan fingerprint density at radius 2 is 2.00 bits per heavy atom. The zero-order chi connectivity index (χ0) is 15.3. The Bertz CT molecular complexity index is 541. The topological polar surface area (TPSA) is 69.6 Å². The number of carboxylic acid groups (broad SMARTS) is 1. The van der Waals surface area contributed by atoms with Crippen molar-refractivity contribution in [1.82, 2.24) is 0 Å². The first-order chi connectivity index (χ1) is 9.31. The molecule has 0 fully saturated rings. The number of aliphatic carboxylic acids is 1. The van der Waals surface area contributed by atoms with Crippen LogP contribution in [0.4, 0.5) is 15.8 Å². The van der Waals surface area contributed by atoms with Gasteiger partial charge >= 0.3 is 5.97 Å². The van der Waals surface area contributed by atoms with E-state index < -0.39 is 17.7 Å².